The Morgan fingerprint density at radius 2 is 1.83 bits per heavy atom. The molecule has 0 fully saturated rings. The van der Waals surface area contributed by atoms with E-state index >= 15 is 0 Å². The van der Waals surface area contributed by atoms with E-state index < -0.39 is 11.2 Å². The average molecular weight is 406 g/mol. The molecule has 0 unspecified atom stereocenters. The summed E-state index contributed by atoms with van der Waals surface area (Å²) in [5, 5.41) is 2.91. The summed E-state index contributed by atoms with van der Waals surface area (Å²) in [6, 6.07) is 13.2. The highest BCUT2D eigenvalue weighted by Crippen LogP contribution is 2.25. The molecule has 29 heavy (non-hydrogen) atoms. The molecule has 0 aliphatic heterocycles. The Bertz CT molecular complexity index is 1290. The summed E-state index contributed by atoms with van der Waals surface area (Å²) in [6.07, 6.45) is 3.69. The van der Waals surface area contributed by atoms with Crippen molar-refractivity contribution in [1.29, 1.82) is 0 Å². The third-order valence-electron chi connectivity index (χ3n) is 4.64. The minimum Gasteiger partial charge on any atom is -0.347 e. The summed E-state index contributed by atoms with van der Waals surface area (Å²) >= 11 is 1.16. The van der Waals surface area contributed by atoms with Gasteiger partial charge in [0.25, 0.3) is 11.5 Å². The number of hydrogen-bond donors (Lipinski definition) is 2. The number of carbonyl (C=O) groups excluding carboxylic acids is 1. The summed E-state index contributed by atoms with van der Waals surface area (Å²) in [5.74, 6) is -0.280. The van der Waals surface area contributed by atoms with E-state index in [1.54, 1.807) is 19.3 Å². The molecule has 7 nitrogen and oxygen atoms in total. The van der Waals surface area contributed by atoms with E-state index in [0.29, 0.717) is 33.9 Å². The van der Waals surface area contributed by atoms with Crippen LogP contribution in [0.25, 0.3) is 4.83 Å². The van der Waals surface area contributed by atoms with E-state index in [1.165, 1.54) is 4.40 Å². The zero-order chi connectivity index (χ0) is 20.4. The molecular weight excluding hydrogens is 388 g/mol. The molecule has 4 aromatic rings. The van der Waals surface area contributed by atoms with Crippen molar-refractivity contribution >= 4 is 22.1 Å². The Labute approximate surface area is 169 Å². The van der Waals surface area contributed by atoms with E-state index in [-0.39, 0.29) is 5.91 Å². The zero-order valence-corrected chi connectivity index (χ0v) is 16.5. The van der Waals surface area contributed by atoms with Crippen molar-refractivity contribution in [1.82, 2.24) is 19.7 Å². The number of benzene rings is 1. The number of pyridine rings is 1. The monoisotopic (exact) mass is 406 g/mol. The Morgan fingerprint density at radius 3 is 2.55 bits per heavy atom. The van der Waals surface area contributed by atoms with E-state index in [2.05, 4.69) is 15.3 Å². The van der Waals surface area contributed by atoms with Crippen LogP contribution in [0.3, 0.4) is 0 Å². The predicted octanol–water partition coefficient (Wildman–Crippen LogP) is 2.27. The van der Waals surface area contributed by atoms with E-state index in [1.807, 2.05) is 42.5 Å². The lowest BCUT2D eigenvalue weighted by molar-refractivity contribution is 0.0954. The Kier molecular flexibility index (Phi) is 5.09. The van der Waals surface area contributed by atoms with Crippen LogP contribution in [0.2, 0.25) is 0 Å². The fourth-order valence-electron chi connectivity index (χ4n) is 3.12. The second-order valence-corrected chi connectivity index (χ2v) is 7.60. The highest BCUT2D eigenvalue weighted by molar-refractivity contribution is 7.19. The molecular formula is C21H18N4O3S. The third kappa shape index (κ3) is 3.74. The SMILES string of the molecule is Cc1c(=O)[nH]c(=O)n2c(Cc3ccncc3)c(C(=O)NCc3ccccc3)sc12. The number of carbonyl (C=O) groups is 1. The smallest absolute Gasteiger partial charge is 0.333 e. The van der Waals surface area contributed by atoms with Crippen LogP contribution in [-0.2, 0) is 13.0 Å². The highest BCUT2D eigenvalue weighted by atomic mass is 32.1. The lowest BCUT2D eigenvalue weighted by Gasteiger charge is -2.07. The second kappa shape index (κ2) is 7.84. The van der Waals surface area contributed by atoms with Gasteiger partial charge in [0.15, 0.2) is 0 Å². The lowest BCUT2D eigenvalue weighted by Crippen LogP contribution is -2.29. The van der Waals surface area contributed by atoms with Gasteiger partial charge in [-0.1, -0.05) is 30.3 Å². The normalized spacial score (nSPS) is 10.9. The Hall–Kier alpha value is -3.52. The maximum Gasteiger partial charge on any atom is 0.333 e. The van der Waals surface area contributed by atoms with Gasteiger partial charge in [0.1, 0.15) is 9.71 Å². The van der Waals surface area contributed by atoms with Gasteiger partial charge >= 0.3 is 5.69 Å². The molecule has 0 radical (unpaired) electrons. The maximum atomic E-state index is 13.0. The molecule has 2 N–H and O–H groups in total. The minimum absolute atomic E-state index is 0.280. The number of thiazole rings is 1. The first kappa shape index (κ1) is 18.8. The largest absolute Gasteiger partial charge is 0.347 e. The van der Waals surface area contributed by atoms with E-state index in [4.69, 9.17) is 0 Å². The standard InChI is InChI=1S/C21H18N4O3S/c1-13-18(26)24-21(28)25-16(11-14-7-9-22-10-8-14)17(29-20(13)25)19(27)23-12-15-5-3-2-4-6-15/h2-10H,11-12H2,1H3,(H,23,27)(H,24,26,28). The lowest BCUT2D eigenvalue weighted by atomic mass is 10.1. The van der Waals surface area contributed by atoms with Gasteiger partial charge < -0.3 is 5.32 Å². The highest BCUT2D eigenvalue weighted by Gasteiger charge is 2.22. The molecule has 4 rings (SSSR count). The Balaban J connectivity index is 1.79. The number of rotatable bonds is 5. The molecule has 0 saturated carbocycles. The van der Waals surface area contributed by atoms with Gasteiger partial charge in [-0.2, -0.15) is 0 Å². The van der Waals surface area contributed by atoms with E-state index in [0.717, 1.165) is 22.5 Å². The van der Waals surface area contributed by atoms with Crippen molar-refractivity contribution in [2.75, 3.05) is 0 Å². The predicted molar refractivity (Wildman–Crippen MR) is 112 cm³/mol. The summed E-state index contributed by atoms with van der Waals surface area (Å²) in [7, 11) is 0. The average Bonchev–Trinajstić information content (AvgIpc) is 3.12. The van der Waals surface area contributed by atoms with Crippen LogP contribution >= 0.6 is 11.3 Å². The van der Waals surface area contributed by atoms with Gasteiger partial charge in [0.05, 0.1) is 5.69 Å². The Morgan fingerprint density at radius 1 is 1.10 bits per heavy atom. The first-order valence-electron chi connectivity index (χ1n) is 9.03. The minimum atomic E-state index is -0.544. The number of aromatic nitrogens is 3. The van der Waals surface area contributed by atoms with Crippen LogP contribution < -0.4 is 16.6 Å². The molecule has 0 bridgehead atoms. The summed E-state index contributed by atoms with van der Waals surface area (Å²) in [4.78, 5) is 44.8. The summed E-state index contributed by atoms with van der Waals surface area (Å²) in [5.41, 5.74) is 1.86. The number of hydrogen-bond acceptors (Lipinski definition) is 5. The van der Waals surface area contributed by atoms with Crippen LogP contribution in [0, 0.1) is 6.92 Å². The van der Waals surface area contributed by atoms with Gasteiger partial charge in [0, 0.05) is 30.9 Å². The van der Waals surface area contributed by atoms with E-state index in [9.17, 15) is 14.4 Å². The topological polar surface area (TPSA) is 96.3 Å². The summed E-state index contributed by atoms with van der Waals surface area (Å²) in [6.45, 7) is 2.02. The molecule has 3 heterocycles. The molecule has 0 atom stereocenters. The number of aromatic amines is 1. The quantitative estimate of drug-likeness (QED) is 0.531. The number of aryl methyl sites for hydroxylation is 1. The van der Waals surface area contributed by atoms with Crippen molar-refractivity contribution in [3.63, 3.8) is 0 Å². The molecule has 0 saturated heterocycles. The molecule has 0 aliphatic rings. The zero-order valence-electron chi connectivity index (χ0n) is 15.6. The van der Waals surface area contributed by atoms with Crippen LogP contribution in [0.4, 0.5) is 0 Å². The number of nitrogens with zero attached hydrogens (tertiary/aromatic N) is 2. The molecule has 0 aliphatic carbocycles. The molecule has 8 heteroatoms. The van der Waals surface area contributed by atoms with Crippen molar-refractivity contribution in [2.24, 2.45) is 0 Å². The van der Waals surface area contributed by atoms with Crippen LogP contribution in [0.1, 0.15) is 32.1 Å². The molecule has 1 aromatic carbocycles. The van der Waals surface area contributed by atoms with Crippen molar-refractivity contribution in [2.45, 2.75) is 19.9 Å². The molecule has 1 amide bonds. The third-order valence-corrected chi connectivity index (χ3v) is 5.95. The van der Waals surface area contributed by atoms with Gasteiger partial charge in [-0.3, -0.25) is 24.0 Å². The number of nitrogens with one attached hydrogen (secondary N) is 2. The second-order valence-electron chi connectivity index (χ2n) is 6.60. The number of fused-ring (bicyclic) bond motifs is 1. The molecule has 0 spiro atoms. The van der Waals surface area contributed by atoms with Crippen LogP contribution in [0.15, 0.2) is 64.4 Å². The van der Waals surface area contributed by atoms with Gasteiger partial charge in [-0.15, -0.1) is 11.3 Å². The first-order chi connectivity index (χ1) is 14.0. The fraction of sp³-hybridized carbons (Fsp3) is 0.143. The maximum absolute atomic E-state index is 13.0. The van der Waals surface area contributed by atoms with Gasteiger partial charge in [0.2, 0.25) is 0 Å². The number of amides is 1. The van der Waals surface area contributed by atoms with Crippen molar-refractivity contribution in [3.8, 4) is 0 Å². The molecule has 146 valence electrons. The van der Waals surface area contributed by atoms with Crippen molar-refractivity contribution < 1.29 is 4.79 Å². The van der Waals surface area contributed by atoms with Gasteiger partial charge in [-0.25, -0.2) is 4.79 Å². The summed E-state index contributed by atoms with van der Waals surface area (Å²) < 4.78 is 1.43. The van der Waals surface area contributed by atoms with Crippen LogP contribution in [0.5, 0.6) is 0 Å². The first-order valence-corrected chi connectivity index (χ1v) is 9.84. The number of H-pyrrole nitrogens is 1. The van der Waals surface area contributed by atoms with Crippen LogP contribution in [-0.4, -0.2) is 20.3 Å². The fourth-order valence-corrected chi connectivity index (χ4v) is 4.29. The van der Waals surface area contributed by atoms with Crippen molar-refractivity contribution in [3.05, 3.63) is 103 Å². The molecule has 3 aromatic heterocycles. The van der Waals surface area contributed by atoms with Gasteiger partial charge in [-0.05, 0) is 30.2 Å².